The van der Waals surface area contributed by atoms with Crippen LogP contribution >= 0.6 is 12.4 Å². The number of rotatable bonds is 6. The summed E-state index contributed by atoms with van der Waals surface area (Å²) in [5, 5.41) is 20.6. The number of aliphatic hydroxyl groups excluding tert-OH is 1. The van der Waals surface area contributed by atoms with Gasteiger partial charge >= 0.3 is 0 Å². The van der Waals surface area contributed by atoms with Crippen molar-refractivity contribution in [2.45, 2.75) is 38.8 Å². The van der Waals surface area contributed by atoms with Crippen LogP contribution in [0.25, 0.3) is 0 Å². The summed E-state index contributed by atoms with van der Waals surface area (Å²) in [7, 11) is 0. The summed E-state index contributed by atoms with van der Waals surface area (Å²) in [6, 6.07) is 5.54. The first kappa shape index (κ1) is 17.8. The Labute approximate surface area is 119 Å². The van der Waals surface area contributed by atoms with Gasteiger partial charge in [0.2, 0.25) is 0 Å². The number of hydrogen-bond donors (Lipinski definition) is 2. The van der Waals surface area contributed by atoms with Crippen LogP contribution in [0.1, 0.15) is 38.3 Å². The number of aliphatic hydroxyl groups is 1. The largest absolute Gasteiger partial charge is 0.391 e. The summed E-state index contributed by atoms with van der Waals surface area (Å²) >= 11 is 0. The highest BCUT2D eigenvalue weighted by Gasteiger charge is 2.19. The molecule has 0 unspecified atom stereocenters. The minimum absolute atomic E-state index is 0. The van der Waals surface area contributed by atoms with Crippen molar-refractivity contribution in [1.82, 2.24) is 0 Å². The van der Waals surface area contributed by atoms with E-state index in [1.165, 1.54) is 12.1 Å². The number of halogens is 1. The summed E-state index contributed by atoms with van der Waals surface area (Å²) in [6.07, 6.45) is 0.806. The van der Waals surface area contributed by atoms with Gasteiger partial charge in [-0.25, -0.2) is 0 Å². The standard InChI is InChI=1S/C13H20N2O3.ClH/c1-9(2)6-7-12(16)13(14)10-4-3-5-11(8-10)15(17)18;/h3-5,8-9,12-13,16H,6-7,14H2,1-2H3;1H/t12-,13+;/m0./s1. The quantitative estimate of drug-likeness (QED) is 0.622. The maximum Gasteiger partial charge on any atom is 0.269 e. The molecule has 0 saturated carbocycles. The first-order valence-corrected chi connectivity index (χ1v) is 6.09. The van der Waals surface area contributed by atoms with Crippen molar-refractivity contribution in [3.05, 3.63) is 39.9 Å². The van der Waals surface area contributed by atoms with Crippen LogP contribution in [0, 0.1) is 16.0 Å². The smallest absolute Gasteiger partial charge is 0.269 e. The number of nitrogens with two attached hydrogens (primary N) is 1. The van der Waals surface area contributed by atoms with Gasteiger partial charge in [-0.2, -0.15) is 0 Å². The minimum Gasteiger partial charge on any atom is -0.391 e. The Balaban J connectivity index is 0.00000324. The maximum atomic E-state index is 10.7. The fraction of sp³-hybridized carbons (Fsp3) is 0.538. The Bertz CT molecular complexity index is 413. The molecule has 0 aliphatic heterocycles. The van der Waals surface area contributed by atoms with E-state index < -0.39 is 17.1 Å². The molecule has 0 bridgehead atoms. The normalized spacial score (nSPS) is 13.7. The zero-order chi connectivity index (χ0) is 13.7. The van der Waals surface area contributed by atoms with Crippen molar-refractivity contribution in [2.75, 3.05) is 0 Å². The van der Waals surface area contributed by atoms with Crippen LogP contribution in [-0.2, 0) is 0 Å². The summed E-state index contributed by atoms with van der Waals surface area (Å²) in [4.78, 5) is 10.2. The third-order valence-electron chi connectivity index (χ3n) is 2.92. The van der Waals surface area contributed by atoms with Gasteiger partial charge in [0.15, 0.2) is 0 Å². The van der Waals surface area contributed by atoms with Gasteiger partial charge in [-0.3, -0.25) is 10.1 Å². The van der Waals surface area contributed by atoms with E-state index in [2.05, 4.69) is 13.8 Å². The van der Waals surface area contributed by atoms with E-state index >= 15 is 0 Å². The van der Waals surface area contributed by atoms with Crippen molar-refractivity contribution in [3.63, 3.8) is 0 Å². The fourth-order valence-electron chi connectivity index (χ4n) is 1.75. The minimum atomic E-state index is -0.672. The highest BCUT2D eigenvalue weighted by Crippen LogP contribution is 2.22. The fourth-order valence-corrected chi connectivity index (χ4v) is 1.75. The lowest BCUT2D eigenvalue weighted by Gasteiger charge is -2.19. The van der Waals surface area contributed by atoms with E-state index in [4.69, 9.17) is 5.73 Å². The van der Waals surface area contributed by atoms with Crippen molar-refractivity contribution in [1.29, 1.82) is 0 Å². The lowest BCUT2D eigenvalue weighted by atomic mass is 9.96. The average molecular weight is 289 g/mol. The van der Waals surface area contributed by atoms with Crippen LogP contribution in [0.5, 0.6) is 0 Å². The first-order chi connectivity index (χ1) is 8.41. The highest BCUT2D eigenvalue weighted by atomic mass is 35.5. The summed E-state index contributed by atoms with van der Waals surface area (Å²) in [5.41, 5.74) is 6.52. The van der Waals surface area contributed by atoms with Crippen LogP contribution in [0.3, 0.4) is 0 Å². The second kappa shape index (κ2) is 8.09. The SMILES string of the molecule is CC(C)CC[C@H](O)[C@H](N)c1cccc([N+](=O)[O-])c1.Cl. The van der Waals surface area contributed by atoms with Gasteiger partial charge < -0.3 is 10.8 Å². The third kappa shape index (κ3) is 5.55. The number of nitro benzene ring substituents is 1. The molecule has 5 nitrogen and oxygen atoms in total. The Morgan fingerprint density at radius 2 is 2.00 bits per heavy atom. The van der Waals surface area contributed by atoms with Crippen molar-refractivity contribution >= 4 is 18.1 Å². The molecule has 0 aliphatic rings. The van der Waals surface area contributed by atoms with Gasteiger partial charge in [0.1, 0.15) is 0 Å². The molecular formula is C13H21ClN2O3. The lowest BCUT2D eigenvalue weighted by Crippen LogP contribution is -2.26. The summed E-state index contributed by atoms with van der Waals surface area (Å²) in [6.45, 7) is 4.15. The molecule has 6 heteroatoms. The Kier molecular flexibility index (Phi) is 7.59. The molecular weight excluding hydrogens is 268 g/mol. The van der Waals surface area contributed by atoms with Crippen molar-refractivity contribution in [2.24, 2.45) is 11.7 Å². The van der Waals surface area contributed by atoms with E-state index in [-0.39, 0.29) is 18.1 Å². The van der Waals surface area contributed by atoms with Gasteiger partial charge in [-0.1, -0.05) is 26.0 Å². The molecule has 0 aliphatic carbocycles. The van der Waals surface area contributed by atoms with Crippen LogP contribution in [0.2, 0.25) is 0 Å². The zero-order valence-electron chi connectivity index (χ0n) is 11.2. The molecule has 0 aromatic heterocycles. The van der Waals surface area contributed by atoms with Gasteiger partial charge in [-0.05, 0) is 24.3 Å². The highest BCUT2D eigenvalue weighted by molar-refractivity contribution is 5.85. The zero-order valence-corrected chi connectivity index (χ0v) is 12.0. The second-order valence-electron chi connectivity index (χ2n) is 4.92. The molecule has 0 radical (unpaired) electrons. The van der Waals surface area contributed by atoms with Crippen molar-refractivity contribution in [3.8, 4) is 0 Å². The number of non-ortho nitro benzene ring substituents is 1. The van der Waals surface area contributed by atoms with Crippen molar-refractivity contribution < 1.29 is 10.0 Å². The van der Waals surface area contributed by atoms with Gasteiger partial charge in [-0.15, -0.1) is 12.4 Å². The molecule has 0 heterocycles. The molecule has 2 atom stereocenters. The number of nitro groups is 1. The topological polar surface area (TPSA) is 89.4 Å². The van der Waals surface area contributed by atoms with Crippen LogP contribution in [0.4, 0.5) is 5.69 Å². The number of nitrogens with zero attached hydrogens (tertiary/aromatic N) is 1. The predicted octanol–water partition coefficient (Wildman–Crippen LogP) is 2.81. The molecule has 19 heavy (non-hydrogen) atoms. The van der Waals surface area contributed by atoms with Gasteiger partial charge in [0.05, 0.1) is 17.1 Å². The molecule has 1 aromatic rings. The monoisotopic (exact) mass is 288 g/mol. The summed E-state index contributed by atoms with van der Waals surface area (Å²) in [5.74, 6) is 0.497. The Morgan fingerprint density at radius 1 is 1.37 bits per heavy atom. The number of benzene rings is 1. The molecule has 0 spiro atoms. The van der Waals surface area contributed by atoms with Crippen LogP contribution < -0.4 is 5.73 Å². The molecule has 0 saturated heterocycles. The Hall–Kier alpha value is -1.17. The third-order valence-corrected chi connectivity index (χ3v) is 2.92. The van der Waals surface area contributed by atoms with E-state index in [1.54, 1.807) is 12.1 Å². The molecule has 108 valence electrons. The van der Waals surface area contributed by atoms with Crippen LogP contribution in [0.15, 0.2) is 24.3 Å². The van der Waals surface area contributed by atoms with E-state index in [0.29, 0.717) is 17.9 Å². The maximum absolute atomic E-state index is 10.7. The van der Waals surface area contributed by atoms with E-state index in [0.717, 1.165) is 6.42 Å². The van der Waals surface area contributed by atoms with E-state index in [9.17, 15) is 15.2 Å². The molecule has 3 N–H and O–H groups in total. The summed E-state index contributed by atoms with van der Waals surface area (Å²) < 4.78 is 0. The van der Waals surface area contributed by atoms with E-state index in [1.807, 2.05) is 0 Å². The lowest BCUT2D eigenvalue weighted by molar-refractivity contribution is -0.384. The second-order valence-corrected chi connectivity index (χ2v) is 4.92. The van der Waals surface area contributed by atoms with Crippen LogP contribution in [-0.4, -0.2) is 16.1 Å². The molecule has 1 aromatic carbocycles. The predicted molar refractivity (Wildman–Crippen MR) is 77.4 cm³/mol. The first-order valence-electron chi connectivity index (χ1n) is 6.09. The molecule has 0 fully saturated rings. The Morgan fingerprint density at radius 3 is 2.53 bits per heavy atom. The average Bonchev–Trinajstić information content (AvgIpc) is 2.35. The van der Waals surface area contributed by atoms with Gasteiger partial charge in [0, 0.05) is 12.1 Å². The number of hydrogen-bond acceptors (Lipinski definition) is 4. The van der Waals surface area contributed by atoms with Gasteiger partial charge in [0.25, 0.3) is 5.69 Å². The molecule has 1 rings (SSSR count). The molecule has 0 amide bonds.